The second kappa shape index (κ2) is 6.35. The average molecular weight is 291 g/mol. The molecule has 0 saturated heterocycles. The first-order chi connectivity index (χ1) is 10.1. The first-order valence-corrected chi connectivity index (χ1v) is 6.49. The molecular formula is C16H18FNO3. The molecule has 112 valence electrons. The standard InChI is InChI=1S/C16H18FNO3/c1-10-7-14(20-2)15(21-3)8-13(10)18-9-11-5-4-6-12(17)16(11)19/h4-8,18-19H,9H2,1-3H3. The number of ether oxygens (including phenoxy) is 2. The molecule has 0 aromatic heterocycles. The van der Waals surface area contributed by atoms with Crippen LogP contribution in [0.2, 0.25) is 0 Å². The lowest BCUT2D eigenvalue weighted by atomic mass is 10.1. The van der Waals surface area contributed by atoms with Crippen molar-refractivity contribution in [1.82, 2.24) is 0 Å². The van der Waals surface area contributed by atoms with Gasteiger partial charge in [-0.15, -0.1) is 0 Å². The highest BCUT2D eigenvalue weighted by Gasteiger charge is 2.10. The highest BCUT2D eigenvalue weighted by atomic mass is 19.1. The molecule has 0 amide bonds. The molecule has 5 heteroatoms. The van der Waals surface area contributed by atoms with Gasteiger partial charge < -0.3 is 19.9 Å². The second-order valence-corrected chi connectivity index (χ2v) is 4.62. The quantitative estimate of drug-likeness (QED) is 0.885. The van der Waals surface area contributed by atoms with Gasteiger partial charge in [-0.25, -0.2) is 4.39 Å². The Labute approximate surface area is 123 Å². The summed E-state index contributed by atoms with van der Waals surface area (Å²) < 4.78 is 23.8. The van der Waals surface area contributed by atoms with Crippen LogP contribution in [0.3, 0.4) is 0 Å². The normalized spacial score (nSPS) is 10.3. The lowest BCUT2D eigenvalue weighted by molar-refractivity contribution is 0.355. The minimum Gasteiger partial charge on any atom is -0.505 e. The highest BCUT2D eigenvalue weighted by Crippen LogP contribution is 2.33. The number of nitrogens with one attached hydrogen (secondary N) is 1. The fourth-order valence-electron chi connectivity index (χ4n) is 2.06. The van der Waals surface area contributed by atoms with Crippen LogP contribution in [0.1, 0.15) is 11.1 Å². The molecular weight excluding hydrogens is 273 g/mol. The SMILES string of the molecule is COc1cc(C)c(NCc2cccc(F)c2O)cc1OC. The van der Waals surface area contributed by atoms with E-state index >= 15 is 0 Å². The number of methoxy groups -OCH3 is 2. The second-order valence-electron chi connectivity index (χ2n) is 4.62. The molecule has 0 unspecified atom stereocenters. The van der Waals surface area contributed by atoms with E-state index in [0.29, 0.717) is 23.6 Å². The predicted molar refractivity (Wildman–Crippen MR) is 79.7 cm³/mol. The number of anilines is 1. The first-order valence-electron chi connectivity index (χ1n) is 6.49. The number of hydrogen-bond donors (Lipinski definition) is 2. The topological polar surface area (TPSA) is 50.7 Å². The number of para-hydroxylation sites is 1. The summed E-state index contributed by atoms with van der Waals surface area (Å²) in [5.74, 6) is 0.296. The van der Waals surface area contributed by atoms with Crippen LogP contribution in [-0.4, -0.2) is 19.3 Å². The minimum absolute atomic E-state index is 0.305. The van der Waals surface area contributed by atoms with Crippen LogP contribution in [0.15, 0.2) is 30.3 Å². The molecule has 0 atom stereocenters. The van der Waals surface area contributed by atoms with E-state index < -0.39 is 5.82 Å². The molecule has 4 nitrogen and oxygen atoms in total. The lowest BCUT2D eigenvalue weighted by Gasteiger charge is -2.15. The molecule has 0 aliphatic carbocycles. The van der Waals surface area contributed by atoms with Gasteiger partial charge in [0.15, 0.2) is 23.1 Å². The number of halogens is 1. The fraction of sp³-hybridized carbons (Fsp3) is 0.250. The Morgan fingerprint density at radius 3 is 2.48 bits per heavy atom. The van der Waals surface area contributed by atoms with Crippen LogP contribution in [0, 0.1) is 12.7 Å². The molecule has 0 saturated carbocycles. The van der Waals surface area contributed by atoms with E-state index in [4.69, 9.17) is 9.47 Å². The van der Waals surface area contributed by atoms with Crippen molar-refractivity contribution in [2.24, 2.45) is 0 Å². The molecule has 0 bridgehead atoms. The molecule has 0 aliphatic rings. The Morgan fingerprint density at radius 2 is 1.81 bits per heavy atom. The van der Waals surface area contributed by atoms with Crippen molar-refractivity contribution in [3.63, 3.8) is 0 Å². The first kappa shape index (κ1) is 15.0. The summed E-state index contributed by atoms with van der Waals surface area (Å²) in [6.07, 6.45) is 0. The van der Waals surface area contributed by atoms with E-state index in [9.17, 15) is 9.50 Å². The van der Waals surface area contributed by atoms with Gasteiger partial charge in [0, 0.05) is 23.9 Å². The van der Waals surface area contributed by atoms with Crippen LogP contribution in [-0.2, 0) is 6.54 Å². The molecule has 2 N–H and O–H groups in total. The molecule has 0 aliphatic heterocycles. The molecule has 2 aromatic carbocycles. The minimum atomic E-state index is -0.627. The summed E-state index contributed by atoms with van der Waals surface area (Å²) in [6, 6.07) is 8.12. The van der Waals surface area contributed by atoms with E-state index in [2.05, 4.69) is 5.32 Å². The maximum absolute atomic E-state index is 13.3. The summed E-state index contributed by atoms with van der Waals surface area (Å²) in [4.78, 5) is 0. The van der Waals surface area contributed by atoms with Crippen molar-refractivity contribution < 1.29 is 19.0 Å². The van der Waals surface area contributed by atoms with Gasteiger partial charge in [-0.3, -0.25) is 0 Å². The number of benzene rings is 2. The van der Waals surface area contributed by atoms with Crippen molar-refractivity contribution in [3.8, 4) is 17.2 Å². The van der Waals surface area contributed by atoms with Gasteiger partial charge in [-0.2, -0.15) is 0 Å². The van der Waals surface area contributed by atoms with E-state index in [1.54, 1.807) is 26.4 Å². The molecule has 21 heavy (non-hydrogen) atoms. The molecule has 0 spiro atoms. The Balaban J connectivity index is 2.22. The highest BCUT2D eigenvalue weighted by molar-refractivity contribution is 5.60. The van der Waals surface area contributed by atoms with E-state index in [-0.39, 0.29) is 5.75 Å². The third-order valence-corrected chi connectivity index (χ3v) is 3.27. The van der Waals surface area contributed by atoms with E-state index in [0.717, 1.165) is 11.3 Å². The van der Waals surface area contributed by atoms with Crippen LogP contribution in [0.5, 0.6) is 17.2 Å². The number of hydrogen-bond acceptors (Lipinski definition) is 4. The molecule has 0 radical (unpaired) electrons. The Bertz CT molecular complexity index is 644. The monoisotopic (exact) mass is 291 g/mol. The Kier molecular flexibility index (Phi) is 4.52. The van der Waals surface area contributed by atoms with Gasteiger partial charge in [0.2, 0.25) is 0 Å². The maximum atomic E-state index is 13.3. The van der Waals surface area contributed by atoms with Crippen molar-refractivity contribution in [2.75, 3.05) is 19.5 Å². The average Bonchev–Trinajstić information content (AvgIpc) is 2.49. The molecule has 0 fully saturated rings. The number of rotatable bonds is 5. The van der Waals surface area contributed by atoms with Crippen LogP contribution >= 0.6 is 0 Å². The molecule has 0 heterocycles. The van der Waals surface area contributed by atoms with E-state index in [1.807, 2.05) is 19.1 Å². The van der Waals surface area contributed by atoms with Crippen LogP contribution in [0.4, 0.5) is 10.1 Å². The molecule has 2 rings (SSSR count). The Hall–Kier alpha value is -2.43. The zero-order chi connectivity index (χ0) is 15.4. The van der Waals surface area contributed by atoms with Gasteiger partial charge >= 0.3 is 0 Å². The van der Waals surface area contributed by atoms with Gasteiger partial charge in [0.25, 0.3) is 0 Å². The van der Waals surface area contributed by atoms with Crippen LogP contribution in [0.25, 0.3) is 0 Å². The third-order valence-electron chi connectivity index (χ3n) is 3.27. The fourth-order valence-corrected chi connectivity index (χ4v) is 2.06. The van der Waals surface area contributed by atoms with Crippen molar-refractivity contribution in [1.29, 1.82) is 0 Å². The van der Waals surface area contributed by atoms with Gasteiger partial charge in [-0.1, -0.05) is 12.1 Å². The largest absolute Gasteiger partial charge is 0.505 e. The van der Waals surface area contributed by atoms with Gasteiger partial charge in [0.1, 0.15) is 0 Å². The van der Waals surface area contributed by atoms with Crippen molar-refractivity contribution in [3.05, 3.63) is 47.3 Å². The zero-order valence-electron chi connectivity index (χ0n) is 12.2. The third kappa shape index (κ3) is 3.18. The van der Waals surface area contributed by atoms with Crippen molar-refractivity contribution in [2.45, 2.75) is 13.5 Å². The summed E-state index contributed by atoms with van der Waals surface area (Å²) in [5, 5.41) is 12.8. The maximum Gasteiger partial charge on any atom is 0.165 e. The van der Waals surface area contributed by atoms with Gasteiger partial charge in [0.05, 0.1) is 14.2 Å². The summed E-state index contributed by atoms with van der Waals surface area (Å²) in [7, 11) is 3.14. The molecule has 2 aromatic rings. The summed E-state index contributed by atoms with van der Waals surface area (Å²) >= 11 is 0. The number of phenolic OH excluding ortho intramolecular Hbond substituents is 1. The number of phenols is 1. The number of aromatic hydroxyl groups is 1. The Morgan fingerprint density at radius 1 is 1.14 bits per heavy atom. The van der Waals surface area contributed by atoms with Gasteiger partial charge in [-0.05, 0) is 24.6 Å². The summed E-state index contributed by atoms with van der Waals surface area (Å²) in [5.41, 5.74) is 2.28. The van der Waals surface area contributed by atoms with Crippen molar-refractivity contribution >= 4 is 5.69 Å². The van der Waals surface area contributed by atoms with Crippen LogP contribution < -0.4 is 14.8 Å². The lowest BCUT2D eigenvalue weighted by Crippen LogP contribution is -2.03. The zero-order valence-corrected chi connectivity index (χ0v) is 12.2. The predicted octanol–water partition coefficient (Wildman–Crippen LogP) is 3.47. The summed E-state index contributed by atoms with van der Waals surface area (Å²) in [6.45, 7) is 2.23. The smallest absolute Gasteiger partial charge is 0.165 e. The van der Waals surface area contributed by atoms with E-state index in [1.165, 1.54) is 6.07 Å². The number of aryl methyl sites for hydroxylation is 1.